The average Bonchev–Trinajstić information content (AvgIpc) is 2.61. The summed E-state index contributed by atoms with van der Waals surface area (Å²) in [6, 6.07) is 0.174. The van der Waals surface area contributed by atoms with Crippen LogP contribution in [0.4, 0.5) is 0 Å². The van der Waals surface area contributed by atoms with Gasteiger partial charge in [-0.25, -0.2) is 0 Å². The van der Waals surface area contributed by atoms with Crippen molar-refractivity contribution in [3.05, 3.63) is 10.6 Å². The highest BCUT2D eigenvalue weighted by Gasteiger charge is 2.24. The SMILES string of the molecule is CCc1nnsc1C(N)C1CCCCCC1. The monoisotopic (exact) mass is 239 g/mol. The van der Waals surface area contributed by atoms with E-state index in [1.807, 2.05) is 0 Å². The minimum Gasteiger partial charge on any atom is -0.323 e. The molecule has 1 aliphatic carbocycles. The van der Waals surface area contributed by atoms with E-state index >= 15 is 0 Å². The number of rotatable bonds is 3. The predicted octanol–water partition coefficient (Wildman–Crippen LogP) is 3.07. The molecule has 0 bridgehead atoms. The maximum Gasteiger partial charge on any atom is 0.0801 e. The summed E-state index contributed by atoms with van der Waals surface area (Å²) < 4.78 is 4.04. The Morgan fingerprint density at radius 2 is 2.00 bits per heavy atom. The highest BCUT2D eigenvalue weighted by molar-refractivity contribution is 7.05. The molecule has 0 saturated heterocycles. The van der Waals surface area contributed by atoms with Crippen LogP contribution in [0.3, 0.4) is 0 Å². The lowest BCUT2D eigenvalue weighted by molar-refractivity contribution is 0.384. The van der Waals surface area contributed by atoms with Gasteiger partial charge in [0.05, 0.1) is 10.6 Å². The second kappa shape index (κ2) is 5.73. The molecular formula is C12H21N3S. The molecule has 4 heteroatoms. The summed E-state index contributed by atoms with van der Waals surface area (Å²) in [5, 5.41) is 4.16. The molecule has 0 aliphatic heterocycles. The van der Waals surface area contributed by atoms with Gasteiger partial charge in [-0.1, -0.05) is 37.1 Å². The van der Waals surface area contributed by atoms with Crippen LogP contribution in [0.1, 0.15) is 62.1 Å². The third kappa shape index (κ3) is 2.61. The number of nitrogens with two attached hydrogens (primary N) is 1. The summed E-state index contributed by atoms with van der Waals surface area (Å²) in [6.07, 6.45) is 8.95. The first-order valence-electron chi connectivity index (χ1n) is 6.39. The molecule has 1 aromatic heterocycles. The minimum atomic E-state index is 0.174. The van der Waals surface area contributed by atoms with Crippen molar-refractivity contribution in [2.45, 2.75) is 57.9 Å². The summed E-state index contributed by atoms with van der Waals surface area (Å²) in [5.74, 6) is 0.648. The number of aromatic nitrogens is 2. The molecule has 3 nitrogen and oxygen atoms in total. The third-order valence-corrected chi connectivity index (χ3v) is 4.50. The molecule has 1 unspecified atom stereocenters. The van der Waals surface area contributed by atoms with Crippen LogP contribution in [-0.2, 0) is 6.42 Å². The van der Waals surface area contributed by atoms with Gasteiger partial charge in [0.15, 0.2) is 0 Å². The van der Waals surface area contributed by atoms with E-state index in [0.717, 1.165) is 12.1 Å². The lowest BCUT2D eigenvalue weighted by Crippen LogP contribution is -2.21. The first-order chi connectivity index (χ1) is 7.83. The number of aryl methyl sites for hydroxylation is 1. The Morgan fingerprint density at radius 3 is 2.62 bits per heavy atom. The van der Waals surface area contributed by atoms with Gasteiger partial charge in [-0.2, -0.15) is 0 Å². The average molecular weight is 239 g/mol. The smallest absolute Gasteiger partial charge is 0.0801 e. The molecule has 1 fully saturated rings. The third-order valence-electron chi connectivity index (χ3n) is 3.63. The summed E-state index contributed by atoms with van der Waals surface area (Å²) in [7, 11) is 0. The van der Waals surface area contributed by atoms with Crippen molar-refractivity contribution in [1.29, 1.82) is 0 Å². The Balaban J connectivity index is 2.07. The van der Waals surface area contributed by atoms with Gasteiger partial charge in [0.2, 0.25) is 0 Å². The lowest BCUT2D eigenvalue weighted by Gasteiger charge is -2.21. The summed E-state index contributed by atoms with van der Waals surface area (Å²) >= 11 is 1.50. The number of nitrogens with zero attached hydrogens (tertiary/aromatic N) is 2. The van der Waals surface area contributed by atoms with E-state index in [0.29, 0.717) is 5.92 Å². The molecule has 16 heavy (non-hydrogen) atoms. The number of hydrogen-bond donors (Lipinski definition) is 1. The lowest BCUT2D eigenvalue weighted by atomic mass is 9.91. The highest BCUT2D eigenvalue weighted by atomic mass is 32.1. The van der Waals surface area contributed by atoms with Crippen LogP contribution in [0.25, 0.3) is 0 Å². The fourth-order valence-corrected chi connectivity index (χ4v) is 3.43. The van der Waals surface area contributed by atoms with Crippen LogP contribution in [0.15, 0.2) is 0 Å². The standard InChI is InChI=1S/C12H21N3S/c1-2-10-12(16-15-14-10)11(13)9-7-5-3-4-6-8-9/h9,11H,2-8,13H2,1H3. The van der Waals surface area contributed by atoms with Crippen LogP contribution < -0.4 is 5.73 Å². The number of hydrogen-bond acceptors (Lipinski definition) is 4. The Labute approximate surface area is 102 Å². The summed E-state index contributed by atoms with van der Waals surface area (Å²) in [5.41, 5.74) is 7.50. The Hall–Kier alpha value is -0.480. The fourth-order valence-electron chi connectivity index (χ4n) is 2.60. The van der Waals surface area contributed by atoms with E-state index in [1.165, 1.54) is 54.9 Å². The quantitative estimate of drug-likeness (QED) is 0.825. The molecule has 1 aromatic rings. The summed E-state index contributed by atoms with van der Waals surface area (Å²) in [4.78, 5) is 1.23. The van der Waals surface area contributed by atoms with E-state index in [2.05, 4.69) is 16.5 Å². The molecule has 0 amide bonds. The molecule has 0 radical (unpaired) electrons. The van der Waals surface area contributed by atoms with Gasteiger partial charge in [-0.15, -0.1) is 5.10 Å². The minimum absolute atomic E-state index is 0.174. The largest absolute Gasteiger partial charge is 0.323 e. The van der Waals surface area contributed by atoms with Crippen LogP contribution in [0, 0.1) is 5.92 Å². The van der Waals surface area contributed by atoms with E-state index in [9.17, 15) is 0 Å². The molecular weight excluding hydrogens is 218 g/mol. The maximum atomic E-state index is 6.39. The summed E-state index contributed by atoms with van der Waals surface area (Å²) in [6.45, 7) is 2.13. The molecule has 2 N–H and O–H groups in total. The van der Waals surface area contributed by atoms with Gasteiger partial charge < -0.3 is 5.73 Å². The molecule has 1 heterocycles. The van der Waals surface area contributed by atoms with Gasteiger partial charge in [0.1, 0.15) is 0 Å². The van der Waals surface area contributed by atoms with Crippen molar-refractivity contribution in [3.63, 3.8) is 0 Å². The van der Waals surface area contributed by atoms with Crippen molar-refractivity contribution in [1.82, 2.24) is 9.59 Å². The van der Waals surface area contributed by atoms with Crippen LogP contribution in [0.2, 0.25) is 0 Å². The normalized spacial score (nSPS) is 20.6. The van der Waals surface area contributed by atoms with Crippen LogP contribution in [0.5, 0.6) is 0 Å². The second-order valence-corrected chi connectivity index (χ2v) is 5.50. The van der Waals surface area contributed by atoms with Gasteiger partial charge in [-0.05, 0) is 36.7 Å². The predicted molar refractivity (Wildman–Crippen MR) is 67.4 cm³/mol. The molecule has 0 aromatic carbocycles. The maximum absolute atomic E-state index is 6.39. The van der Waals surface area contributed by atoms with Crippen molar-refractivity contribution in [2.75, 3.05) is 0 Å². The first kappa shape index (κ1) is 12.0. The van der Waals surface area contributed by atoms with Crippen LogP contribution in [-0.4, -0.2) is 9.59 Å². The Kier molecular flexibility index (Phi) is 4.29. The Bertz CT molecular complexity index is 316. The van der Waals surface area contributed by atoms with Gasteiger partial charge >= 0.3 is 0 Å². The zero-order valence-corrected chi connectivity index (χ0v) is 10.8. The van der Waals surface area contributed by atoms with Crippen molar-refractivity contribution in [2.24, 2.45) is 11.7 Å². The van der Waals surface area contributed by atoms with E-state index in [-0.39, 0.29) is 6.04 Å². The molecule has 1 atom stereocenters. The Morgan fingerprint density at radius 1 is 1.31 bits per heavy atom. The van der Waals surface area contributed by atoms with Crippen LogP contribution >= 0.6 is 11.5 Å². The van der Waals surface area contributed by atoms with Crippen molar-refractivity contribution >= 4 is 11.5 Å². The highest BCUT2D eigenvalue weighted by Crippen LogP contribution is 2.34. The van der Waals surface area contributed by atoms with Crippen molar-refractivity contribution in [3.8, 4) is 0 Å². The molecule has 1 aliphatic rings. The van der Waals surface area contributed by atoms with Gasteiger partial charge in [0, 0.05) is 6.04 Å². The van der Waals surface area contributed by atoms with Gasteiger partial charge in [-0.3, -0.25) is 0 Å². The molecule has 2 rings (SSSR count). The molecule has 90 valence electrons. The van der Waals surface area contributed by atoms with E-state index in [1.54, 1.807) is 0 Å². The zero-order valence-electron chi connectivity index (χ0n) is 9.98. The first-order valence-corrected chi connectivity index (χ1v) is 7.17. The van der Waals surface area contributed by atoms with E-state index < -0.39 is 0 Å². The second-order valence-electron chi connectivity index (χ2n) is 4.71. The zero-order chi connectivity index (χ0) is 11.4. The topological polar surface area (TPSA) is 51.8 Å². The fraction of sp³-hybridized carbons (Fsp3) is 0.833. The molecule has 0 spiro atoms. The van der Waals surface area contributed by atoms with Gasteiger partial charge in [0.25, 0.3) is 0 Å². The van der Waals surface area contributed by atoms with E-state index in [4.69, 9.17) is 5.73 Å². The molecule has 1 saturated carbocycles. The van der Waals surface area contributed by atoms with Crippen molar-refractivity contribution < 1.29 is 0 Å².